The van der Waals surface area contributed by atoms with E-state index in [9.17, 15) is 14.4 Å². The van der Waals surface area contributed by atoms with Gasteiger partial charge in [0.25, 0.3) is 0 Å². The number of hydrogen-bond donors (Lipinski definition) is 2. The summed E-state index contributed by atoms with van der Waals surface area (Å²) in [6.07, 6.45) is 0. The van der Waals surface area contributed by atoms with Crippen LogP contribution in [0.3, 0.4) is 0 Å². The molecule has 0 saturated carbocycles. The Kier molecular flexibility index (Phi) is 5.24. The molecule has 0 spiro atoms. The van der Waals surface area contributed by atoms with Crippen LogP contribution >= 0.6 is 11.6 Å². The summed E-state index contributed by atoms with van der Waals surface area (Å²) in [5, 5.41) is 6.14. The van der Waals surface area contributed by atoms with Crippen LogP contribution in [-0.4, -0.2) is 65.8 Å². The van der Waals surface area contributed by atoms with Crippen LogP contribution in [0, 0.1) is 0 Å². The summed E-state index contributed by atoms with van der Waals surface area (Å²) in [5.74, 6) is -1.11. The Balaban J connectivity index is 1.55. The molecular formula is C17H21ClN4O3. The second kappa shape index (κ2) is 7.41. The first-order valence-electron chi connectivity index (χ1n) is 8.31. The average Bonchev–Trinajstić information content (AvgIpc) is 2.63. The van der Waals surface area contributed by atoms with Crippen LogP contribution in [0.1, 0.15) is 12.5 Å². The third-order valence-corrected chi connectivity index (χ3v) is 5.17. The minimum Gasteiger partial charge on any atom is -0.351 e. The van der Waals surface area contributed by atoms with Crippen LogP contribution < -0.4 is 10.6 Å². The van der Waals surface area contributed by atoms with Crippen molar-refractivity contribution in [1.29, 1.82) is 0 Å². The Morgan fingerprint density at radius 3 is 2.88 bits per heavy atom. The number of nitrogens with one attached hydrogen (secondary N) is 2. The molecule has 1 aromatic carbocycles. The first-order valence-corrected chi connectivity index (χ1v) is 8.69. The van der Waals surface area contributed by atoms with Crippen molar-refractivity contribution < 1.29 is 14.4 Å². The van der Waals surface area contributed by atoms with Gasteiger partial charge in [-0.05, 0) is 18.6 Å². The van der Waals surface area contributed by atoms with E-state index in [1.54, 1.807) is 11.0 Å². The lowest BCUT2D eigenvalue weighted by Gasteiger charge is -2.44. The van der Waals surface area contributed by atoms with Gasteiger partial charge in [-0.15, -0.1) is 0 Å². The SMILES string of the molecule is C[C@H](C(=O)NCc1ccccc1Cl)N1CCN2C(=O)C(=O)NC[C@@H]2C1. The fourth-order valence-corrected chi connectivity index (χ4v) is 3.43. The Hall–Kier alpha value is -2.12. The molecule has 0 bridgehead atoms. The third kappa shape index (κ3) is 3.77. The van der Waals surface area contributed by atoms with E-state index >= 15 is 0 Å². The molecular weight excluding hydrogens is 344 g/mol. The number of amides is 3. The van der Waals surface area contributed by atoms with Crippen molar-refractivity contribution in [2.24, 2.45) is 0 Å². The Morgan fingerprint density at radius 1 is 1.36 bits per heavy atom. The molecule has 3 amide bonds. The van der Waals surface area contributed by atoms with Crippen molar-refractivity contribution in [1.82, 2.24) is 20.4 Å². The number of carbonyl (C=O) groups excluding carboxylic acids is 3. The van der Waals surface area contributed by atoms with Crippen molar-refractivity contribution in [3.05, 3.63) is 34.9 Å². The quantitative estimate of drug-likeness (QED) is 0.736. The first-order chi connectivity index (χ1) is 12.0. The minimum atomic E-state index is -0.546. The van der Waals surface area contributed by atoms with Gasteiger partial charge in [-0.3, -0.25) is 19.3 Å². The van der Waals surface area contributed by atoms with Gasteiger partial charge in [0.1, 0.15) is 0 Å². The van der Waals surface area contributed by atoms with Crippen LogP contribution in [-0.2, 0) is 20.9 Å². The maximum atomic E-state index is 12.5. The largest absolute Gasteiger partial charge is 0.351 e. The van der Waals surface area contributed by atoms with Crippen molar-refractivity contribution in [2.45, 2.75) is 25.6 Å². The molecule has 2 atom stereocenters. The van der Waals surface area contributed by atoms with Crippen LogP contribution in [0.5, 0.6) is 0 Å². The Labute approximate surface area is 151 Å². The summed E-state index contributed by atoms with van der Waals surface area (Å²) in [4.78, 5) is 39.4. The average molecular weight is 365 g/mol. The van der Waals surface area contributed by atoms with Crippen molar-refractivity contribution in [3.8, 4) is 0 Å². The van der Waals surface area contributed by atoms with Gasteiger partial charge < -0.3 is 15.5 Å². The van der Waals surface area contributed by atoms with E-state index in [4.69, 9.17) is 11.6 Å². The highest BCUT2D eigenvalue weighted by Gasteiger charge is 2.39. The predicted molar refractivity (Wildman–Crippen MR) is 92.8 cm³/mol. The van der Waals surface area contributed by atoms with E-state index < -0.39 is 11.8 Å². The number of rotatable bonds is 4. The third-order valence-electron chi connectivity index (χ3n) is 4.81. The number of carbonyl (C=O) groups is 3. The predicted octanol–water partition coefficient (Wildman–Crippen LogP) is -0.0127. The van der Waals surface area contributed by atoms with Gasteiger partial charge in [0, 0.05) is 37.7 Å². The molecule has 2 N–H and O–H groups in total. The lowest BCUT2D eigenvalue weighted by Crippen LogP contribution is -2.67. The second-order valence-electron chi connectivity index (χ2n) is 6.34. The molecule has 8 heteroatoms. The molecule has 134 valence electrons. The van der Waals surface area contributed by atoms with Crippen LogP contribution in [0.4, 0.5) is 0 Å². The minimum absolute atomic E-state index is 0.0838. The molecule has 0 radical (unpaired) electrons. The Bertz CT molecular complexity index is 696. The van der Waals surface area contributed by atoms with Gasteiger partial charge in [0.15, 0.2) is 0 Å². The number of benzene rings is 1. The van der Waals surface area contributed by atoms with Gasteiger partial charge >= 0.3 is 11.8 Å². The highest BCUT2D eigenvalue weighted by atomic mass is 35.5. The number of hydrogen-bond acceptors (Lipinski definition) is 4. The fraction of sp³-hybridized carbons (Fsp3) is 0.471. The maximum absolute atomic E-state index is 12.5. The number of piperazine rings is 2. The van der Waals surface area contributed by atoms with Crippen LogP contribution in [0.15, 0.2) is 24.3 Å². The lowest BCUT2D eigenvalue weighted by molar-refractivity contribution is -0.153. The highest BCUT2D eigenvalue weighted by Crippen LogP contribution is 2.17. The van der Waals surface area contributed by atoms with Crippen molar-refractivity contribution >= 4 is 29.3 Å². The molecule has 2 saturated heterocycles. The molecule has 7 nitrogen and oxygen atoms in total. The highest BCUT2D eigenvalue weighted by molar-refractivity contribution is 6.35. The smallest absolute Gasteiger partial charge is 0.312 e. The molecule has 2 heterocycles. The van der Waals surface area contributed by atoms with E-state index in [1.807, 2.05) is 30.0 Å². The van der Waals surface area contributed by atoms with Gasteiger partial charge in [-0.25, -0.2) is 0 Å². The van der Waals surface area contributed by atoms with Crippen molar-refractivity contribution in [3.63, 3.8) is 0 Å². The summed E-state index contributed by atoms with van der Waals surface area (Å²) >= 11 is 6.10. The molecule has 0 aromatic heterocycles. The molecule has 0 unspecified atom stereocenters. The number of nitrogens with zero attached hydrogens (tertiary/aromatic N) is 2. The van der Waals surface area contributed by atoms with Gasteiger partial charge in [0.05, 0.1) is 12.1 Å². The maximum Gasteiger partial charge on any atom is 0.312 e. The molecule has 2 fully saturated rings. The number of halogens is 1. The summed E-state index contributed by atoms with van der Waals surface area (Å²) < 4.78 is 0. The normalized spacial score (nSPS) is 22.2. The van der Waals surface area contributed by atoms with E-state index in [0.29, 0.717) is 37.7 Å². The molecule has 1 aromatic rings. The van der Waals surface area contributed by atoms with E-state index in [1.165, 1.54) is 0 Å². The Morgan fingerprint density at radius 2 is 2.12 bits per heavy atom. The summed E-state index contributed by atoms with van der Waals surface area (Å²) in [6, 6.07) is 6.99. The summed E-state index contributed by atoms with van der Waals surface area (Å²) in [7, 11) is 0. The van der Waals surface area contributed by atoms with Gasteiger partial charge in [-0.1, -0.05) is 29.8 Å². The first kappa shape index (κ1) is 17.7. The zero-order valence-electron chi connectivity index (χ0n) is 14.0. The second-order valence-corrected chi connectivity index (χ2v) is 6.75. The van der Waals surface area contributed by atoms with E-state index in [2.05, 4.69) is 10.6 Å². The van der Waals surface area contributed by atoms with Gasteiger partial charge in [-0.2, -0.15) is 0 Å². The molecule has 2 aliphatic rings. The molecule has 25 heavy (non-hydrogen) atoms. The number of fused-ring (bicyclic) bond motifs is 1. The molecule has 2 aliphatic heterocycles. The van der Waals surface area contributed by atoms with Crippen molar-refractivity contribution in [2.75, 3.05) is 26.2 Å². The summed E-state index contributed by atoms with van der Waals surface area (Å²) in [5.41, 5.74) is 0.870. The van der Waals surface area contributed by atoms with E-state index in [0.717, 1.165) is 5.56 Å². The molecule has 3 rings (SSSR count). The topological polar surface area (TPSA) is 81.8 Å². The van der Waals surface area contributed by atoms with E-state index in [-0.39, 0.29) is 18.0 Å². The van der Waals surface area contributed by atoms with Gasteiger partial charge in [0.2, 0.25) is 5.91 Å². The lowest BCUT2D eigenvalue weighted by atomic mass is 10.1. The monoisotopic (exact) mass is 364 g/mol. The summed E-state index contributed by atoms with van der Waals surface area (Å²) in [6.45, 7) is 4.23. The van der Waals surface area contributed by atoms with Crippen LogP contribution in [0.25, 0.3) is 0 Å². The van der Waals surface area contributed by atoms with Crippen LogP contribution in [0.2, 0.25) is 5.02 Å². The zero-order valence-corrected chi connectivity index (χ0v) is 14.8. The zero-order chi connectivity index (χ0) is 18.0. The fourth-order valence-electron chi connectivity index (χ4n) is 3.23. The standard InChI is InChI=1S/C17H21ClN4O3/c1-11(15(23)19-8-12-4-2-3-5-14(12)18)21-6-7-22-13(10-21)9-20-16(24)17(22)25/h2-5,11,13H,6-10H2,1H3,(H,19,23)(H,20,24)/t11-,13-/m1/s1. The molecule has 0 aliphatic carbocycles.